The van der Waals surface area contributed by atoms with Gasteiger partial charge in [0.2, 0.25) is 0 Å². The molecule has 0 spiro atoms. The number of aromatic hydroxyl groups is 1. The van der Waals surface area contributed by atoms with Crippen molar-refractivity contribution in [3.63, 3.8) is 0 Å². The largest absolute Gasteiger partial charge is 0.504 e. The Bertz CT molecular complexity index is 713. The van der Waals surface area contributed by atoms with Crippen molar-refractivity contribution in [3.8, 4) is 11.4 Å². The number of aromatic nitrogens is 2. The molecule has 2 aromatic rings. The summed E-state index contributed by atoms with van der Waals surface area (Å²) < 4.78 is 1.54. The zero-order valence-electron chi connectivity index (χ0n) is 14.1. The molecule has 0 saturated carbocycles. The number of nitrogens with two attached hydrogens (primary N) is 1. The van der Waals surface area contributed by atoms with Gasteiger partial charge in [0.1, 0.15) is 0 Å². The summed E-state index contributed by atoms with van der Waals surface area (Å²) in [6.07, 6.45) is 3.04. The second kappa shape index (κ2) is 6.65. The molecule has 1 aromatic heterocycles. The lowest BCUT2D eigenvalue weighted by Gasteiger charge is -2.29. The summed E-state index contributed by atoms with van der Waals surface area (Å²) in [5.74, 6) is 0.118. The van der Waals surface area contributed by atoms with Crippen LogP contribution in [-0.2, 0) is 0 Å². The van der Waals surface area contributed by atoms with E-state index < -0.39 is 0 Å². The Labute approximate surface area is 141 Å². The molecule has 0 unspecified atom stereocenters. The smallest absolute Gasteiger partial charge is 0.278 e. The first-order chi connectivity index (χ1) is 11.5. The molecule has 6 heteroatoms. The molecule has 1 aliphatic heterocycles. The predicted molar refractivity (Wildman–Crippen MR) is 92.4 cm³/mol. The van der Waals surface area contributed by atoms with Crippen LogP contribution in [0.5, 0.6) is 5.75 Å². The molecule has 1 amide bonds. The van der Waals surface area contributed by atoms with Gasteiger partial charge < -0.3 is 15.7 Å². The molecule has 0 atom stereocenters. The number of piperidine rings is 1. The van der Waals surface area contributed by atoms with Crippen molar-refractivity contribution < 1.29 is 9.90 Å². The molecule has 1 aromatic carbocycles. The fourth-order valence-corrected chi connectivity index (χ4v) is 2.91. The van der Waals surface area contributed by atoms with E-state index in [2.05, 4.69) is 18.9 Å². The highest BCUT2D eigenvalue weighted by Crippen LogP contribution is 2.22. The zero-order valence-corrected chi connectivity index (χ0v) is 14.1. The summed E-state index contributed by atoms with van der Waals surface area (Å²) in [4.78, 5) is 14.3. The molecule has 3 N–H and O–H groups in total. The van der Waals surface area contributed by atoms with Crippen LogP contribution in [0.2, 0.25) is 0 Å². The molecule has 6 nitrogen and oxygen atoms in total. The Morgan fingerprint density at radius 2 is 1.88 bits per heavy atom. The molecule has 0 aliphatic carbocycles. The van der Waals surface area contributed by atoms with Gasteiger partial charge in [-0.3, -0.25) is 4.79 Å². The first kappa shape index (κ1) is 16.5. The Morgan fingerprint density at radius 1 is 1.25 bits per heavy atom. The van der Waals surface area contributed by atoms with Crippen molar-refractivity contribution in [3.05, 3.63) is 41.7 Å². The summed E-state index contributed by atoms with van der Waals surface area (Å²) in [7, 11) is 0. The first-order valence-corrected chi connectivity index (χ1v) is 8.39. The maximum Gasteiger partial charge on any atom is 0.278 e. The highest BCUT2D eigenvalue weighted by Gasteiger charge is 2.26. The average Bonchev–Trinajstić information content (AvgIpc) is 2.97. The molecule has 1 saturated heterocycles. The molecule has 0 bridgehead atoms. The molecule has 24 heavy (non-hydrogen) atoms. The second-order valence-electron chi connectivity index (χ2n) is 6.68. The van der Waals surface area contributed by atoms with Crippen molar-refractivity contribution in [1.82, 2.24) is 14.7 Å². The van der Waals surface area contributed by atoms with Crippen LogP contribution in [0.4, 0.5) is 0 Å². The van der Waals surface area contributed by atoms with Gasteiger partial charge in [0.25, 0.3) is 5.91 Å². The van der Waals surface area contributed by atoms with E-state index in [1.165, 1.54) is 11.8 Å². The Hall–Kier alpha value is -2.34. The number of hydrogen-bond acceptors (Lipinski definition) is 4. The van der Waals surface area contributed by atoms with E-state index in [-0.39, 0.29) is 23.4 Å². The molecule has 1 aliphatic rings. The van der Waals surface area contributed by atoms with E-state index in [0.717, 1.165) is 18.5 Å². The standard InChI is InChI=1S/C18H24N4O2/c1-12(2)13-3-5-15(6-4-13)22-11-16(23)17(20-22)18(24)21-9-7-14(19)8-10-21/h3-6,11-12,14,23H,7-10,19H2,1-2H3. The quantitative estimate of drug-likeness (QED) is 0.905. The SMILES string of the molecule is CC(C)c1ccc(-n2cc(O)c(C(=O)N3CCC(N)CC3)n2)cc1. The molecule has 0 radical (unpaired) electrons. The third-order valence-corrected chi connectivity index (χ3v) is 4.55. The van der Waals surface area contributed by atoms with Crippen LogP contribution in [0.3, 0.4) is 0 Å². The van der Waals surface area contributed by atoms with Gasteiger partial charge in [-0.1, -0.05) is 26.0 Å². The number of amides is 1. The van der Waals surface area contributed by atoms with Crippen LogP contribution in [0.15, 0.2) is 30.5 Å². The van der Waals surface area contributed by atoms with Crippen LogP contribution in [0.25, 0.3) is 5.69 Å². The van der Waals surface area contributed by atoms with Gasteiger partial charge in [-0.25, -0.2) is 4.68 Å². The minimum absolute atomic E-state index is 0.0946. The van der Waals surface area contributed by atoms with E-state index >= 15 is 0 Å². The van der Waals surface area contributed by atoms with Gasteiger partial charge in [0, 0.05) is 19.1 Å². The van der Waals surface area contributed by atoms with Crippen molar-refractivity contribution in [2.45, 2.75) is 38.6 Å². The van der Waals surface area contributed by atoms with Crippen LogP contribution in [-0.4, -0.2) is 44.8 Å². The summed E-state index contributed by atoms with van der Waals surface area (Å²) >= 11 is 0. The van der Waals surface area contributed by atoms with Crippen LogP contribution in [0.1, 0.15) is 48.7 Å². The minimum atomic E-state index is -0.239. The summed E-state index contributed by atoms with van der Waals surface area (Å²) in [6, 6.07) is 8.10. The maximum atomic E-state index is 12.6. The highest BCUT2D eigenvalue weighted by molar-refractivity contribution is 5.94. The van der Waals surface area contributed by atoms with Crippen molar-refractivity contribution in [2.24, 2.45) is 5.73 Å². The lowest BCUT2D eigenvalue weighted by Crippen LogP contribution is -2.43. The van der Waals surface area contributed by atoms with Crippen molar-refractivity contribution in [2.75, 3.05) is 13.1 Å². The van der Waals surface area contributed by atoms with Gasteiger partial charge in [0.05, 0.1) is 11.9 Å². The number of hydrogen-bond donors (Lipinski definition) is 2. The van der Waals surface area contributed by atoms with Gasteiger partial charge in [-0.05, 0) is 36.5 Å². The first-order valence-electron chi connectivity index (χ1n) is 8.39. The number of carbonyl (C=O) groups excluding carboxylic acids is 1. The van der Waals surface area contributed by atoms with E-state index in [4.69, 9.17) is 5.73 Å². The van der Waals surface area contributed by atoms with Crippen LogP contribution >= 0.6 is 0 Å². The third-order valence-electron chi connectivity index (χ3n) is 4.55. The molecular weight excluding hydrogens is 304 g/mol. The second-order valence-corrected chi connectivity index (χ2v) is 6.68. The monoisotopic (exact) mass is 328 g/mol. The Balaban J connectivity index is 1.80. The van der Waals surface area contributed by atoms with Crippen molar-refractivity contribution in [1.29, 1.82) is 0 Å². The zero-order chi connectivity index (χ0) is 17.3. The Kier molecular flexibility index (Phi) is 4.57. The number of likely N-dealkylation sites (tertiary alicyclic amines) is 1. The normalized spacial score (nSPS) is 15.9. The topological polar surface area (TPSA) is 84.4 Å². The number of nitrogens with zero attached hydrogens (tertiary/aromatic N) is 3. The molecule has 1 fully saturated rings. The van der Waals surface area contributed by atoms with Crippen molar-refractivity contribution >= 4 is 5.91 Å². The van der Waals surface area contributed by atoms with Gasteiger partial charge in [-0.15, -0.1) is 0 Å². The predicted octanol–water partition coefficient (Wildman–Crippen LogP) is 2.26. The summed E-state index contributed by atoms with van der Waals surface area (Å²) in [5.41, 5.74) is 8.01. The lowest BCUT2D eigenvalue weighted by molar-refractivity contribution is 0.0705. The minimum Gasteiger partial charge on any atom is -0.504 e. The molecule has 2 heterocycles. The van der Waals surface area contributed by atoms with E-state index in [0.29, 0.717) is 19.0 Å². The van der Waals surface area contributed by atoms with Gasteiger partial charge >= 0.3 is 0 Å². The average molecular weight is 328 g/mol. The summed E-state index contributed by atoms with van der Waals surface area (Å²) in [6.45, 7) is 5.48. The van der Waals surface area contributed by atoms with E-state index in [9.17, 15) is 9.90 Å². The number of benzene rings is 1. The number of carbonyl (C=O) groups is 1. The van der Waals surface area contributed by atoms with Gasteiger partial charge in [0.15, 0.2) is 11.4 Å². The number of rotatable bonds is 3. The highest BCUT2D eigenvalue weighted by atomic mass is 16.3. The molecule has 128 valence electrons. The van der Waals surface area contributed by atoms with E-state index in [1.807, 2.05) is 24.3 Å². The molecule has 3 rings (SSSR count). The van der Waals surface area contributed by atoms with E-state index in [1.54, 1.807) is 9.58 Å². The third kappa shape index (κ3) is 3.28. The van der Waals surface area contributed by atoms with Gasteiger partial charge in [-0.2, -0.15) is 5.10 Å². The van der Waals surface area contributed by atoms with Crippen LogP contribution < -0.4 is 5.73 Å². The fraction of sp³-hybridized carbons (Fsp3) is 0.444. The Morgan fingerprint density at radius 3 is 2.46 bits per heavy atom. The van der Waals surface area contributed by atoms with Crippen LogP contribution in [0, 0.1) is 0 Å². The summed E-state index contributed by atoms with van der Waals surface area (Å²) in [5, 5.41) is 14.4. The lowest BCUT2D eigenvalue weighted by atomic mass is 10.0. The molecular formula is C18H24N4O2. The fourth-order valence-electron chi connectivity index (χ4n) is 2.91. The maximum absolute atomic E-state index is 12.6.